The first-order valence-electron chi connectivity index (χ1n) is 10.1. The van der Waals surface area contributed by atoms with Gasteiger partial charge in [0.05, 0.1) is 6.10 Å². The molecule has 1 fully saturated rings. The molecule has 1 aliphatic heterocycles. The van der Waals surface area contributed by atoms with Crippen molar-refractivity contribution in [1.82, 2.24) is 10.2 Å². The number of amides is 2. The van der Waals surface area contributed by atoms with Gasteiger partial charge in [-0.2, -0.15) is 0 Å². The molecule has 1 aliphatic rings. The molecule has 1 N–H and O–H groups in total. The summed E-state index contributed by atoms with van der Waals surface area (Å²) in [5.74, 6) is 0.119. The lowest BCUT2D eigenvalue weighted by atomic mass is 10.1. The number of para-hydroxylation sites is 1. The average Bonchev–Trinajstić information content (AvgIpc) is 3.29. The molecule has 30 heavy (non-hydrogen) atoms. The van der Waals surface area contributed by atoms with Crippen molar-refractivity contribution in [3.05, 3.63) is 65.2 Å². The van der Waals surface area contributed by atoms with Crippen LogP contribution in [-0.2, 0) is 20.9 Å². The van der Waals surface area contributed by atoms with E-state index < -0.39 is 6.04 Å². The number of halogens is 1. The van der Waals surface area contributed by atoms with Crippen LogP contribution in [0.5, 0.6) is 5.75 Å². The van der Waals surface area contributed by atoms with Crippen LogP contribution in [0.1, 0.15) is 25.3 Å². The van der Waals surface area contributed by atoms with Gasteiger partial charge in [0.25, 0.3) is 5.91 Å². The van der Waals surface area contributed by atoms with Gasteiger partial charge in [-0.1, -0.05) is 41.9 Å². The van der Waals surface area contributed by atoms with Gasteiger partial charge in [-0.25, -0.2) is 0 Å². The average molecular weight is 431 g/mol. The Bertz CT molecular complexity index is 823. The van der Waals surface area contributed by atoms with Gasteiger partial charge < -0.3 is 19.7 Å². The van der Waals surface area contributed by atoms with E-state index in [0.717, 1.165) is 25.0 Å². The molecule has 1 saturated heterocycles. The van der Waals surface area contributed by atoms with E-state index in [0.29, 0.717) is 17.3 Å². The van der Waals surface area contributed by atoms with Crippen molar-refractivity contribution in [1.29, 1.82) is 0 Å². The summed E-state index contributed by atoms with van der Waals surface area (Å²) >= 11 is 5.97. The molecule has 0 radical (unpaired) electrons. The van der Waals surface area contributed by atoms with E-state index in [1.54, 1.807) is 31.2 Å². The third-order valence-electron chi connectivity index (χ3n) is 5.07. The molecule has 3 rings (SSSR count). The first kappa shape index (κ1) is 22.1. The fraction of sp³-hybridized carbons (Fsp3) is 0.391. The second-order valence-electron chi connectivity index (χ2n) is 7.31. The Morgan fingerprint density at radius 2 is 1.93 bits per heavy atom. The highest BCUT2D eigenvalue weighted by atomic mass is 35.5. The maximum Gasteiger partial charge on any atom is 0.261 e. The van der Waals surface area contributed by atoms with Crippen molar-refractivity contribution in [2.24, 2.45) is 0 Å². The van der Waals surface area contributed by atoms with Crippen molar-refractivity contribution in [2.45, 2.75) is 38.5 Å². The standard InChI is InChI=1S/C23H27ClN2O4/c1-17(23(28)25-14-21-8-5-13-29-21)26(15-18-9-11-19(24)12-10-18)22(27)16-30-20-6-3-2-4-7-20/h2-4,6-7,9-12,17,21H,5,8,13-16H2,1H3,(H,25,28)/t17-,21-/m1/s1. The van der Waals surface area contributed by atoms with Gasteiger partial charge in [0, 0.05) is 24.7 Å². The minimum Gasteiger partial charge on any atom is -0.484 e. The fourth-order valence-electron chi connectivity index (χ4n) is 3.28. The van der Waals surface area contributed by atoms with Crippen LogP contribution in [0.3, 0.4) is 0 Å². The molecule has 2 amide bonds. The molecule has 0 spiro atoms. The molecule has 6 nitrogen and oxygen atoms in total. The lowest BCUT2D eigenvalue weighted by molar-refractivity contribution is -0.142. The van der Waals surface area contributed by atoms with Gasteiger partial charge in [-0.05, 0) is 49.6 Å². The quantitative estimate of drug-likeness (QED) is 0.661. The maximum absolute atomic E-state index is 13.0. The lowest BCUT2D eigenvalue weighted by Gasteiger charge is -2.29. The summed E-state index contributed by atoms with van der Waals surface area (Å²) in [5.41, 5.74) is 0.881. The first-order chi connectivity index (χ1) is 14.5. The summed E-state index contributed by atoms with van der Waals surface area (Å²) in [4.78, 5) is 27.2. The maximum atomic E-state index is 13.0. The molecule has 0 saturated carbocycles. The highest BCUT2D eigenvalue weighted by Crippen LogP contribution is 2.15. The number of carbonyl (C=O) groups is 2. The van der Waals surface area contributed by atoms with Crippen LogP contribution in [0.4, 0.5) is 0 Å². The van der Waals surface area contributed by atoms with E-state index in [1.165, 1.54) is 4.90 Å². The van der Waals surface area contributed by atoms with Gasteiger partial charge >= 0.3 is 0 Å². The molecule has 2 aromatic carbocycles. The van der Waals surface area contributed by atoms with Crippen molar-refractivity contribution in [3.8, 4) is 5.75 Å². The van der Waals surface area contributed by atoms with Crippen molar-refractivity contribution in [2.75, 3.05) is 19.8 Å². The predicted octanol–water partition coefficient (Wildman–Crippen LogP) is 3.43. The number of rotatable bonds is 9. The van der Waals surface area contributed by atoms with Gasteiger partial charge in [0.1, 0.15) is 11.8 Å². The Morgan fingerprint density at radius 3 is 2.60 bits per heavy atom. The topological polar surface area (TPSA) is 67.9 Å². The van der Waals surface area contributed by atoms with E-state index >= 15 is 0 Å². The number of ether oxygens (including phenoxy) is 2. The third kappa shape index (κ3) is 6.47. The summed E-state index contributed by atoms with van der Waals surface area (Å²) in [6.07, 6.45) is 1.99. The van der Waals surface area contributed by atoms with Crippen LogP contribution >= 0.6 is 11.6 Å². The third-order valence-corrected chi connectivity index (χ3v) is 5.32. The Kier molecular flexibility index (Phi) is 8.11. The Hall–Kier alpha value is -2.57. The smallest absolute Gasteiger partial charge is 0.261 e. The summed E-state index contributed by atoms with van der Waals surface area (Å²) in [6.45, 7) is 3.03. The highest BCUT2D eigenvalue weighted by Gasteiger charge is 2.27. The molecular weight excluding hydrogens is 404 g/mol. The van der Waals surface area contributed by atoms with E-state index in [2.05, 4.69) is 5.32 Å². The van der Waals surface area contributed by atoms with Gasteiger partial charge in [0.15, 0.2) is 6.61 Å². The largest absolute Gasteiger partial charge is 0.484 e. The number of hydrogen-bond acceptors (Lipinski definition) is 4. The van der Waals surface area contributed by atoms with Crippen LogP contribution in [0.2, 0.25) is 5.02 Å². The number of carbonyl (C=O) groups excluding carboxylic acids is 2. The highest BCUT2D eigenvalue weighted by molar-refractivity contribution is 6.30. The van der Waals surface area contributed by atoms with Crippen LogP contribution in [-0.4, -0.2) is 48.6 Å². The van der Waals surface area contributed by atoms with Crippen LogP contribution in [0, 0.1) is 0 Å². The SMILES string of the molecule is C[C@H](C(=O)NC[C@H]1CCCO1)N(Cc1ccc(Cl)cc1)C(=O)COc1ccccc1. The Labute approximate surface area is 182 Å². The second kappa shape index (κ2) is 11.0. The van der Waals surface area contributed by atoms with Crippen LogP contribution in [0.15, 0.2) is 54.6 Å². The summed E-state index contributed by atoms with van der Waals surface area (Å²) in [6, 6.07) is 15.7. The molecule has 2 atom stereocenters. The fourth-order valence-corrected chi connectivity index (χ4v) is 3.41. The summed E-state index contributed by atoms with van der Waals surface area (Å²) in [7, 11) is 0. The molecule has 1 heterocycles. The zero-order valence-corrected chi connectivity index (χ0v) is 17.8. The Balaban J connectivity index is 1.65. The van der Waals surface area contributed by atoms with Crippen molar-refractivity contribution >= 4 is 23.4 Å². The van der Waals surface area contributed by atoms with Crippen LogP contribution in [0.25, 0.3) is 0 Å². The summed E-state index contributed by atoms with van der Waals surface area (Å²) < 4.78 is 11.2. The minimum atomic E-state index is -0.658. The molecule has 0 unspecified atom stereocenters. The predicted molar refractivity (Wildman–Crippen MR) is 115 cm³/mol. The zero-order chi connectivity index (χ0) is 21.3. The van der Waals surface area contributed by atoms with Crippen molar-refractivity contribution in [3.63, 3.8) is 0 Å². The van der Waals surface area contributed by atoms with Gasteiger partial charge in [-0.3, -0.25) is 9.59 Å². The summed E-state index contributed by atoms with van der Waals surface area (Å²) in [5, 5.41) is 3.53. The lowest BCUT2D eigenvalue weighted by Crippen LogP contribution is -2.50. The van der Waals surface area contributed by atoms with E-state index in [-0.39, 0.29) is 31.1 Å². The Morgan fingerprint density at radius 1 is 1.20 bits per heavy atom. The molecule has 0 bridgehead atoms. The van der Waals surface area contributed by atoms with Crippen molar-refractivity contribution < 1.29 is 19.1 Å². The monoisotopic (exact) mass is 430 g/mol. The first-order valence-corrected chi connectivity index (χ1v) is 10.5. The number of nitrogens with zero attached hydrogens (tertiary/aromatic N) is 1. The normalized spacial score (nSPS) is 16.7. The molecule has 7 heteroatoms. The molecule has 0 aromatic heterocycles. The zero-order valence-electron chi connectivity index (χ0n) is 17.1. The van der Waals surface area contributed by atoms with E-state index in [4.69, 9.17) is 21.1 Å². The van der Waals surface area contributed by atoms with Gasteiger partial charge in [-0.15, -0.1) is 0 Å². The molecule has 160 valence electrons. The number of benzene rings is 2. The van der Waals surface area contributed by atoms with E-state index in [1.807, 2.05) is 30.3 Å². The molecule has 0 aliphatic carbocycles. The second-order valence-corrected chi connectivity index (χ2v) is 7.74. The number of hydrogen-bond donors (Lipinski definition) is 1. The molecular formula is C23H27ClN2O4. The molecule has 2 aromatic rings. The van der Waals surface area contributed by atoms with Crippen LogP contribution < -0.4 is 10.1 Å². The number of nitrogens with one attached hydrogen (secondary N) is 1. The van der Waals surface area contributed by atoms with Gasteiger partial charge in [0.2, 0.25) is 5.91 Å². The minimum absolute atomic E-state index is 0.0444. The van der Waals surface area contributed by atoms with E-state index in [9.17, 15) is 9.59 Å².